The van der Waals surface area contributed by atoms with Crippen LogP contribution in [0.4, 0.5) is 11.4 Å². The molecule has 34 heavy (non-hydrogen) atoms. The quantitative estimate of drug-likeness (QED) is 0.315. The van der Waals surface area contributed by atoms with Crippen molar-refractivity contribution in [2.24, 2.45) is 0 Å². The number of methoxy groups -OCH3 is 2. The predicted molar refractivity (Wildman–Crippen MR) is 137 cm³/mol. The van der Waals surface area contributed by atoms with Gasteiger partial charge in [-0.1, -0.05) is 36.4 Å². The van der Waals surface area contributed by atoms with Crippen molar-refractivity contribution in [3.8, 4) is 11.5 Å². The van der Waals surface area contributed by atoms with E-state index in [1.165, 1.54) is 26.0 Å². The fourth-order valence-electron chi connectivity index (χ4n) is 3.52. The standard InChI is InChI=1S/C27H24N2O4S/c1-32-23-8-5-9-24(33-2)26(23)27(31)29-20-12-14-22(15-13-20)34-17-25(30)28-21-11-10-18-6-3-4-7-19(18)16-21/h3-16H,17H2,1-2H3,(H,28,30)(H,29,31). The summed E-state index contributed by atoms with van der Waals surface area (Å²) in [4.78, 5) is 26.1. The number of hydrogen-bond acceptors (Lipinski definition) is 5. The molecule has 0 bridgehead atoms. The van der Waals surface area contributed by atoms with E-state index in [4.69, 9.17) is 9.47 Å². The lowest BCUT2D eigenvalue weighted by molar-refractivity contribution is -0.113. The molecule has 2 N–H and O–H groups in total. The molecule has 0 saturated heterocycles. The van der Waals surface area contributed by atoms with Gasteiger partial charge in [-0.2, -0.15) is 0 Å². The summed E-state index contributed by atoms with van der Waals surface area (Å²) in [6.45, 7) is 0. The molecule has 6 nitrogen and oxygen atoms in total. The molecule has 7 heteroatoms. The first-order valence-corrected chi connectivity index (χ1v) is 11.6. The van der Waals surface area contributed by atoms with E-state index in [0.717, 1.165) is 21.4 Å². The minimum atomic E-state index is -0.329. The number of nitrogens with one attached hydrogen (secondary N) is 2. The molecule has 4 aromatic rings. The number of hydrogen-bond donors (Lipinski definition) is 2. The Morgan fingerprint density at radius 3 is 2.06 bits per heavy atom. The van der Waals surface area contributed by atoms with Crippen molar-refractivity contribution >= 4 is 45.7 Å². The Labute approximate surface area is 202 Å². The smallest absolute Gasteiger partial charge is 0.263 e. The van der Waals surface area contributed by atoms with Crippen LogP contribution in [0.25, 0.3) is 10.8 Å². The van der Waals surface area contributed by atoms with Gasteiger partial charge in [0.2, 0.25) is 5.91 Å². The molecule has 0 spiro atoms. The first-order chi connectivity index (χ1) is 16.6. The summed E-state index contributed by atoms with van der Waals surface area (Å²) in [7, 11) is 3.02. The zero-order valence-corrected chi connectivity index (χ0v) is 19.6. The highest BCUT2D eigenvalue weighted by molar-refractivity contribution is 8.00. The Morgan fingerprint density at radius 2 is 1.38 bits per heavy atom. The fourth-order valence-corrected chi connectivity index (χ4v) is 4.21. The van der Waals surface area contributed by atoms with Crippen LogP contribution in [0.1, 0.15) is 10.4 Å². The summed E-state index contributed by atoms with van der Waals surface area (Å²) in [6, 6.07) is 26.4. The van der Waals surface area contributed by atoms with Gasteiger partial charge >= 0.3 is 0 Å². The van der Waals surface area contributed by atoms with Gasteiger partial charge in [-0.05, 0) is 59.3 Å². The second-order valence-electron chi connectivity index (χ2n) is 7.41. The molecular formula is C27H24N2O4S. The first kappa shape index (κ1) is 23.2. The Morgan fingerprint density at radius 1 is 0.735 bits per heavy atom. The van der Waals surface area contributed by atoms with Crippen molar-refractivity contribution in [3.05, 3.63) is 90.5 Å². The van der Waals surface area contributed by atoms with Crippen LogP contribution in [0.3, 0.4) is 0 Å². The lowest BCUT2D eigenvalue weighted by Gasteiger charge is -2.13. The molecule has 0 saturated carbocycles. The zero-order chi connectivity index (χ0) is 23.9. The number of fused-ring (bicyclic) bond motifs is 1. The van der Waals surface area contributed by atoms with Crippen LogP contribution in [0, 0.1) is 0 Å². The molecule has 0 aliphatic carbocycles. The lowest BCUT2D eigenvalue weighted by Crippen LogP contribution is -2.14. The van der Waals surface area contributed by atoms with Gasteiger partial charge in [0.25, 0.3) is 5.91 Å². The maximum atomic E-state index is 12.8. The molecule has 0 aliphatic heterocycles. The number of carbonyl (C=O) groups excluding carboxylic acids is 2. The molecule has 0 aliphatic rings. The number of anilines is 2. The van der Waals surface area contributed by atoms with E-state index in [1.54, 1.807) is 30.3 Å². The van der Waals surface area contributed by atoms with Crippen molar-refractivity contribution in [3.63, 3.8) is 0 Å². The summed E-state index contributed by atoms with van der Waals surface area (Å²) in [5.74, 6) is 0.727. The van der Waals surface area contributed by atoms with Crippen molar-refractivity contribution in [2.75, 3.05) is 30.6 Å². The highest BCUT2D eigenvalue weighted by atomic mass is 32.2. The Hall–Kier alpha value is -3.97. The topological polar surface area (TPSA) is 76.7 Å². The Kier molecular flexibility index (Phi) is 7.34. The SMILES string of the molecule is COc1cccc(OC)c1C(=O)Nc1ccc(SCC(=O)Nc2ccc3ccccc3c2)cc1. The highest BCUT2D eigenvalue weighted by Crippen LogP contribution is 2.29. The summed E-state index contributed by atoms with van der Waals surface area (Å²) in [6.07, 6.45) is 0. The minimum absolute atomic E-state index is 0.0825. The number of rotatable bonds is 8. The van der Waals surface area contributed by atoms with Gasteiger partial charge in [-0.15, -0.1) is 11.8 Å². The molecule has 4 aromatic carbocycles. The van der Waals surface area contributed by atoms with Crippen LogP contribution in [0.15, 0.2) is 89.8 Å². The third kappa shape index (κ3) is 5.50. The monoisotopic (exact) mass is 472 g/mol. The van der Waals surface area contributed by atoms with E-state index < -0.39 is 0 Å². The number of amides is 2. The van der Waals surface area contributed by atoms with E-state index >= 15 is 0 Å². The van der Waals surface area contributed by atoms with Gasteiger partial charge in [0.1, 0.15) is 17.1 Å². The summed E-state index contributed by atoms with van der Waals surface area (Å²) >= 11 is 1.42. The number of carbonyl (C=O) groups is 2. The van der Waals surface area contributed by atoms with Crippen molar-refractivity contribution < 1.29 is 19.1 Å². The molecule has 4 rings (SSSR count). The van der Waals surface area contributed by atoms with Crippen LogP contribution in [-0.4, -0.2) is 31.8 Å². The highest BCUT2D eigenvalue weighted by Gasteiger charge is 2.18. The number of thioether (sulfide) groups is 1. The van der Waals surface area contributed by atoms with Crippen LogP contribution in [0.2, 0.25) is 0 Å². The van der Waals surface area contributed by atoms with Crippen molar-refractivity contribution in [2.45, 2.75) is 4.90 Å². The summed E-state index contributed by atoms with van der Waals surface area (Å²) < 4.78 is 10.6. The third-order valence-electron chi connectivity index (χ3n) is 5.17. The van der Waals surface area contributed by atoms with Gasteiger partial charge in [-0.3, -0.25) is 9.59 Å². The molecular weight excluding hydrogens is 448 g/mol. The normalized spacial score (nSPS) is 10.5. The molecule has 0 fully saturated rings. The maximum absolute atomic E-state index is 12.8. The average Bonchev–Trinajstić information content (AvgIpc) is 2.87. The average molecular weight is 473 g/mol. The molecule has 0 radical (unpaired) electrons. The van der Waals surface area contributed by atoms with E-state index in [1.807, 2.05) is 54.6 Å². The van der Waals surface area contributed by atoms with E-state index in [-0.39, 0.29) is 17.6 Å². The van der Waals surface area contributed by atoms with E-state index in [9.17, 15) is 9.59 Å². The van der Waals surface area contributed by atoms with Crippen LogP contribution in [-0.2, 0) is 4.79 Å². The Bertz CT molecular complexity index is 1300. The van der Waals surface area contributed by atoms with Crippen LogP contribution >= 0.6 is 11.8 Å². The molecule has 2 amide bonds. The maximum Gasteiger partial charge on any atom is 0.263 e. The van der Waals surface area contributed by atoms with Crippen LogP contribution < -0.4 is 20.1 Å². The summed E-state index contributed by atoms with van der Waals surface area (Å²) in [5.41, 5.74) is 1.73. The fraction of sp³-hybridized carbons (Fsp3) is 0.111. The van der Waals surface area contributed by atoms with Crippen molar-refractivity contribution in [1.82, 2.24) is 0 Å². The van der Waals surface area contributed by atoms with E-state index in [2.05, 4.69) is 10.6 Å². The molecule has 0 unspecified atom stereocenters. The number of benzene rings is 4. The van der Waals surface area contributed by atoms with Crippen molar-refractivity contribution in [1.29, 1.82) is 0 Å². The molecule has 0 heterocycles. The van der Waals surface area contributed by atoms with E-state index in [0.29, 0.717) is 22.7 Å². The molecule has 172 valence electrons. The van der Waals surface area contributed by atoms with Gasteiger partial charge in [0.05, 0.1) is 20.0 Å². The first-order valence-electron chi connectivity index (χ1n) is 10.6. The Balaban J connectivity index is 1.34. The molecule has 0 aromatic heterocycles. The zero-order valence-electron chi connectivity index (χ0n) is 18.8. The van der Waals surface area contributed by atoms with Gasteiger partial charge in [0, 0.05) is 16.3 Å². The predicted octanol–water partition coefficient (Wildman–Crippen LogP) is 5.84. The lowest BCUT2D eigenvalue weighted by atomic mass is 10.1. The van der Waals surface area contributed by atoms with Gasteiger partial charge in [-0.25, -0.2) is 0 Å². The minimum Gasteiger partial charge on any atom is -0.496 e. The largest absolute Gasteiger partial charge is 0.496 e. The van der Waals surface area contributed by atoms with Gasteiger partial charge < -0.3 is 20.1 Å². The summed E-state index contributed by atoms with van der Waals surface area (Å²) in [5, 5.41) is 8.01. The molecule has 0 atom stereocenters. The van der Waals surface area contributed by atoms with Crippen LogP contribution in [0.5, 0.6) is 11.5 Å². The van der Waals surface area contributed by atoms with Gasteiger partial charge in [0.15, 0.2) is 0 Å². The third-order valence-corrected chi connectivity index (χ3v) is 6.18. The number of ether oxygens (including phenoxy) is 2. The second-order valence-corrected chi connectivity index (χ2v) is 8.46. The second kappa shape index (κ2) is 10.8.